The second-order valence-corrected chi connectivity index (χ2v) is 5.60. The first-order valence-corrected chi connectivity index (χ1v) is 7.48. The average molecular weight is 338 g/mol. The molecule has 0 saturated carbocycles. The largest absolute Gasteiger partial charge is 0.496 e. The van der Waals surface area contributed by atoms with E-state index in [-0.39, 0.29) is 6.04 Å². The molecule has 1 atom stereocenters. The fourth-order valence-electron chi connectivity index (χ4n) is 2.27. The number of ether oxygens (including phenoxy) is 1. The van der Waals surface area contributed by atoms with Crippen LogP contribution in [0, 0.1) is 0 Å². The van der Waals surface area contributed by atoms with Crippen LogP contribution in [0.5, 0.6) is 5.75 Å². The molecule has 20 heavy (non-hydrogen) atoms. The summed E-state index contributed by atoms with van der Waals surface area (Å²) in [5.74, 6) is 0.909. The number of halogens is 1. The van der Waals surface area contributed by atoms with Crippen LogP contribution >= 0.6 is 15.9 Å². The Morgan fingerprint density at radius 3 is 2.80 bits per heavy atom. The fraction of sp³-hybridized carbons (Fsp3) is 0.400. The lowest BCUT2D eigenvalue weighted by atomic mass is 10.0. The molecule has 0 aliphatic rings. The van der Waals surface area contributed by atoms with Gasteiger partial charge in [-0.2, -0.15) is 5.10 Å². The Labute approximate surface area is 128 Å². The first-order valence-electron chi connectivity index (χ1n) is 6.69. The number of nitrogens with zero attached hydrogens (tertiary/aromatic N) is 2. The molecule has 0 spiro atoms. The van der Waals surface area contributed by atoms with Crippen molar-refractivity contribution in [1.82, 2.24) is 15.1 Å². The summed E-state index contributed by atoms with van der Waals surface area (Å²) in [6, 6.07) is 8.32. The van der Waals surface area contributed by atoms with Crippen molar-refractivity contribution in [1.29, 1.82) is 0 Å². The van der Waals surface area contributed by atoms with Crippen molar-refractivity contribution in [3.05, 3.63) is 46.2 Å². The zero-order chi connectivity index (χ0) is 14.5. The minimum atomic E-state index is 0.185. The van der Waals surface area contributed by atoms with Crippen molar-refractivity contribution in [3.63, 3.8) is 0 Å². The van der Waals surface area contributed by atoms with Gasteiger partial charge in [-0.15, -0.1) is 0 Å². The van der Waals surface area contributed by atoms with Crippen LogP contribution in [-0.4, -0.2) is 23.4 Å². The Bertz CT molecular complexity index is 568. The van der Waals surface area contributed by atoms with Crippen molar-refractivity contribution in [2.45, 2.75) is 19.4 Å². The minimum absolute atomic E-state index is 0.185. The van der Waals surface area contributed by atoms with E-state index in [0.717, 1.165) is 28.9 Å². The van der Waals surface area contributed by atoms with Crippen LogP contribution < -0.4 is 10.1 Å². The Hall–Kier alpha value is -1.33. The first kappa shape index (κ1) is 15.1. The van der Waals surface area contributed by atoms with Crippen LogP contribution in [0.25, 0.3) is 0 Å². The van der Waals surface area contributed by atoms with Gasteiger partial charge in [-0.05, 0) is 42.8 Å². The minimum Gasteiger partial charge on any atom is -0.496 e. The van der Waals surface area contributed by atoms with Gasteiger partial charge in [-0.3, -0.25) is 4.68 Å². The molecule has 0 fully saturated rings. The molecule has 5 heteroatoms. The van der Waals surface area contributed by atoms with Crippen LogP contribution in [0.4, 0.5) is 0 Å². The molecule has 0 bridgehead atoms. The van der Waals surface area contributed by atoms with Crippen molar-refractivity contribution >= 4 is 15.9 Å². The SMILES string of the molecule is CCNC(Cc1cc(Br)ccc1OC)c1ccn(C)n1. The third-order valence-corrected chi connectivity index (χ3v) is 3.70. The molecular formula is C15H20BrN3O. The van der Waals surface area contributed by atoms with Crippen LogP contribution in [0.3, 0.4) is 0 Å². The van der Waals surface area contributed by atoms with Gasteiger partial charge in [-0.25, -0.2) is 0 Å². The van der Waals surface area contributed by atoms with Crippen LogP contribution in [0.15, 0.2) is 34.9 Å². The molecule has 0 radical (unpaired) electrons. The second kappa shape index (κ2) is 6.90. The number of hydrogen-bond acceptors (Lipinski definition) is 3. The maximum atomic E-state index is 5.45. The van der Waals surface area contributed by atoms with E-state index in [2.05, 4.69) is 45.4 Å². The van der Waals surface area contributed by atoms with Gasteiger partial charge in [0.2, 0.25) is 0 Å². The molecule has 0 saturated heterocycles. The molecule has 1 aromatic heterocycles. The molecule has 1 unspecified atom stereocenters. The Kier molecular flexibility index (Phi) is 5.20. The summed E-state index contributed by atoms with van der Waals surface area (Å²) in [5.41, 5.74) is 2.22. The highest BCUT2D eigenvalue weighted by Gasteiger charge is 2.16. The normalized spacial score (nSPS) is 12.4. The van der Waals surface area contributed by atoms with Crippen LogP contribution in [0.2, 0.25) is 0 Å². The van der Waals surface area contributed by atoms with Crippen LogP contribution in [-0.2, 0) is 13.5 Å². The number of aryl methyl sites for hydroxylation is 1. The predicted octanol–water partition coefficient (Wildman–Crippen LogP) is 3.08. The van der Waals surface area contributed by atoms with E-state index in [1.165, 1.54) is 5.56 Å². The van der Waals surface area contributed by atoms with Crippen molar-refractivity contribution in [3.8, 4) is 5.75 Å². The van der Waals surface area contributed by atoms with Gasteiger partial charge in [-0.1, -0.05) is 22.9 Å². The molecule has 0 aliphatic carbocycles. The number of nitrogens with one attached hydrogen (secondary N) is 1. The summed E-state index contributed by atoms with van der Waals surface area (Å²) >= 11 is 3.52. The monoisotopic (exact) mass is 337 g/mol. The molecule has 0 aliphatic heterocycles. The molecule has 1 N–H and O–H groups in total. The lowest BCUT2D eigenvalue weighted by Crippen LogP contribution is -2.23. The van der Waals surface area contributed by atoms with E-state index in [1.807, 2.05) is 30.1 Å². The third-order valence-electron chi connectivity index (χ3n) is 3.21. The number of rotatable bonds is 6. The number of likely N-dealkylation sites (N-methyl/N-ethyl adjacent to an activating group) is 1. The Morgan fingerprint density at radius 1 is 1.40 bits per heavy atom. The third kappa shape index (κ3) is 3.61. The molecule has 2 aromatic rings. The zero-order valence-corrected chi connectivity index (χ0v) is 13.6. The van der Waals surface area contributed by atoms with Crippen molar-refractivity contribution in [2.75, 3.05) is 13.7 Å². The standard InChI is InChI=1S/C15H20BrN3O/c1-4-17-14(13-7-8-19(2)18-13)10-11-9-12(16)5-6-15(11)20-3/h5-9,14,17H,4,10H2,1-3H3. The summed E-state index contributed by atoms with van der Waals surface area (Å²) in [4.78, 5) is 0. The molecule has 4 nitrogen and oxygen atoms in total. The smallest absolute Gasteiger partial charge is 0.122 e. The zero-order valence-electron chi connectivity index (χ0n) is 12.1. The summed E-state index contributed by atoms with van der Waals surface area (Å²) in [6.45, 7) is 3.01. The van der Waals surface area contributed by atoms with Crippen molar-refractivity contribution in [2.24, 2.45) is 7.05 Å². The summed E-state index contributed by atoms with van der Waals surface area (Å²) in [6.07, 6.45) is 2.81. The van der Waals surface area contributed by atoms with E-state index < -0.39 is 0 Å². The van der Waals surface area contributed by atoms with E-state index in [0.29, 0.717) is 0 Å². The first-order chi connectivity index (χ1) is 9.63. The number of aromatic nitrogens is 2. The van der Waals surface area contributed by atoms with Gasteiger partial charge in [0.05, 0.1) is 18.8 Å². The summed E-state index contributed by atoms with van der Waals surface area (Å²) in [5, 5.41) is 7.99. The van der Waals surface area contributed by atoms with Gasteiger partial charge in [0.25, 0.3) is 0 Å². The molecule has 0 amide bonds. The van der Waals surface area contributed by atoms with Crippen molar-refractivity contribution < 1.29 is 4.74 Å². The molecule has 108 valence electrons. The van der Waals surface area contributed by atoms with Gasteiger partial charge in [0, 0.05) is 17.7 Å². The highest BCUT2D eigenvalue weighted by atomic mass is 79.9. The Balaban J connectivity index is 2.26. The molecule has 1 aromatic carbocycles. The molecular weight excluding hydrogens is 318 g/mol. The van der Waals surface area contributed by atoms with Gasteiger partial charge in [0.1, 0.15) is 5.75 Å². The summed E-state index contributed by atoms with van der Waals surface area (Å²) in [7, 11) is 3.64. The average Bonchev–Trinajstić information content (AvgIpc) is 2.85. The highest BCUT2D eigenvalue weighted by Crippen LogP contribution is 2.27. The summed E-state index contributed by atoms with van der Waals surface area (Å²) < 4.78 is 8.34. The van der Waals surface area contributed by atoms with E-state index in [4.69, 9.17) is 4.74 Å². The maximum Gasteiger partial charge on any atom is 0.122 e. The lowest BCUT2D eigenvalue weighted by molar-refractivity contribution is 0.405. The predicted molar refractivity (Wildman–Crippen MR) is 84.0 cm³/mol. The van der Waals surface area contributed by atoms with Gasteiger partial charge in [0.15, 0.2) is 0 Å². The molecule has 2 rings (SSSR count). The number of hydrogen-bond donors (Lipinski definition) is 1. The highest BCUT2D eigenvalue weighted by molar-refractivity contribution is 9.10. The second-order valence-electron chi connectivity index (χ2n) is 4.68. The fourth-order valence-corrected chi connectivity index (χ4v) is 2.68. The number of benzene rings is 1. The number of methoxy groups -OCH3 is 1. The van der Waals surface area contributed by atoms with Gasteiger partial charge >= 0.3 is 0 Å². The van der Waals surface area contributed by atoms with E-state index in [1.54, 1.807) is 7.11 Å². The topological polar surface area (TPSA) is 39.1 Å². The van der Waals surface area contributed by atoms with Crippen LogP contribution in [0.1, 0.15) is 24.2 Å². The molecule has 1 heterocycles. The maximum absolute atomic E-state index is 5.45. The van der Waals surface area contributed by atoms with E-state index in [9.17, 15) is 0 Å². The van der Waals surface area contributed by atoms with E-state index >= 15 is 0 Å². The quantitative estimate of drug-likeness (QED) is 0.880. The van der Waals surface area contributed by atoms with Gasteiger partial charge < -0.3 is 10.1 Å². The lowest BCUT2D eigenvalue weighted by Gasteiger charge is -2.18. The Morgan fingerprint density at radius 2 is 2.20 bits per heavy atom.